The molecule has 2 saturated heterocycles. The van der Waals surface area contributed by atoms with Crippen molar-refractivity contribution in [2.45, 2.75) is 40.0 Å². The fraction of sp³-hybridized carbons (Fsp3) is 0.909. The van der Waals surface area contributed by atoms with Gasteiger partial charge in [-0.3, -0.25) is 4.79 Å². The predicted octanol–water partition coefficient (Wildman–Crippen LogP) is 1.95. The van der Waals surface area contributed by atoms with Gasteiger partial charge in [-0.05, 0) is 30.1 Å². The smallest absolute Gasteiger partial charge is 0.223 e. The molecule has 1 amide bonds. The molecule has 3 rings (SSSR count). The molecule has 0 radical (unpaired) electrons. The van der Waals surface area contributed by atoms with Gasteiger partial charge in [0, 0.05) is 12.5 Å². The molecule has 74 valence electrons. The van der Waals surface area contributed by atoms with Crippen LogP contribution in [-0.4, -0.2) is 12.5 Å². The first-order chi connectivity index (χ1) is 5.90. The van der Waals surface area contributed by atoms with Crippen molar-refractivity contribution in [1.29, 1.82) is 0 Å². The quantitative estimate of drug-likeness (QED) is 0.658. The third-order valence-electron chi connectivity index (χ3n) is 3.27. The Morgan fingerprint density at radius 3 is 2.46 bits per heavy atom. The number of fused-ring (bicyclic) bond motifs is 2. The van der Waals surface area contributed by atoms with E-state index < -0.39 is 0 Å². The summed E-state index contributed by atoms with van der Waals surface area (Å²) in [6.45, 7) is 7.77. The highest BCUT2D eigenvalue weighted by Gasteiger charge is 2.52. The Kier molecular flexibility index (Phi) is 1.73. The topological polar surface area (TPSA) is 29.1 Å². The van der Waals surface area contributed by atoms with Gasteiger partial charge in [-0.15, -0.1) is 0 Å². The van der Waals surface area contributed by atoms with Crippen LogP contribution in [-0.2, 0) is 4.79 Å². The maximum Gasteiger partial charge on any atom is 0.223 e. The van der Waals surface area contributed by atoms with Gasteiger partial charge < -0.3 is 5.32 Å². The van der Waals surface area contributed by atoms with Crippen molar-refractivity contribution in [2.24, 2.45) is 16.7 Å². The van der Waals surface area contributed by atoms with Crippen molar-refractivity contribution in [3.05, 3.63) is 0 Å². The minimum absolute atomic E-state index is 0.288. The number of rotatable bonds is 1. The second kappa shape index (κ2) is 2.49. The number of piperidine rings is 2. The Bertz CT molecular complexity index is 227. The summed E-state index contributed by atoms with van der Waals surface area (Å²) < 4.78 is 0. The lowest BCUT2D eigenvalue weighted by atomic mass is 9.54. The first-order valence-electron chi connectivity index (χ1n) is 5.18. The highest BCUT2D eigenvalue weighted by atomic mass is 16.2. The molecule has 0 atom stereocenters. The van der Waals surface area contributed by atoms with Crippen molar-refractivity contribution in [1.82, 2.24) is 5.32 Å². The molecular formula is C11H19NO. The van der Waals surface area contributed by atoms with E-state index in [1.54, 1.807) is 0 Å². The molecule has 2 heteroatoms. The molecule has 0 unspecified atom stereocenters. The van der Waals surface area contributed by atoms with Crippen LogP contribution in [0.25, 0.3) is 0 Å². The van der Waals surface area contributed by atoms with Crippen LogP contribution >= 0.6 is 0 Å². The molecule has 1 saturated carbocycles. The Balaban J connectivity index is 1.99. The van der Waals surface area contributed by atoms with Gasteiger partial charge in [0.05, 0.1) is 0 Å². The second-order valence-electron chi connectivity index (χ2n) is 6.06. The van der Waals surface area contributed by atoms with E-state index >= 15 is 0 Å². The standard InChI is InChI=1S/C11H19NO/c1-10(2,3)6-11-4-8(5-11)9(13)12-7-11/h8H,4-7H2,1-3H3,(H,12,13). The molecule has 3 aliphatic rings. The predicted molar refractivity (Wildman–Crippen MR) is 52.2 cm³/mol. The lowest BCUT2D eigenvalue weighted by molar-refractivity contribution is -0.143. The van der Waals surface area contributed by atoms with Crippen molar-refractivity contribution < 1.29 is 4.79 Å². The summed E-state index contributed by atoms with van der Waals surface area (Å²) in [7, 11) is 0. The number of hydrogen-bond acceptors (Lipinski definition) is 1. The van der Waals surface area contributed by atoms with Crippen molar-refractivity contribution in [3.63, 3.8) is 0 Å². The lowest BCUT2D eigenvalue weighted by Crippen LogP contribution is -2.58. The van der Waals surface area contributed by atoms with Crippen LogP contribution in [0.1, 0.15) is 40.0 Å². The highest BCUT2D eigenvalue weighted by molar-refractivity contribution is 5.81. The third kappa shape index (κ3) is 1.59. The highest BCUT2D eigenvalue weighted by Crippen LogP contribution is 2.53. The van der Waals surface area contributed by atoms with Crippen LogP contribution in [0.2, 0.25) is 0 Å². The van der Waals surface area contributed by atoms with Crippen LogP contribution in [0.5, 0.6) is 0 Å². The minimum Gasteiger partial charge on any atom is -0.355 e. The zero-order valence-corrected chi connectivity index (χ0v) is 8.81. The van der Waals surface area contributed by atoms with E-state index in [9.17, 15) is 4.79 Å². The van der Waals surface area contributed by atoms with Gasteiger partial charge in [0.15, 0.2) is 0 Å². The Morgan fingerprint density at radius 1 is 1.46 bits per heavy atom. The molecule has 0 aromatic rings. The van der Waals surface area contributed by atoms with Gasteiger partial charge in [0.1, 0.15) is 0 Å². The monoisotopic (exact) mass is 181 g/mol. The van der Waals surface area contributed by atoms with Crippen LogP contribution in [0.15, 0.2) is 0 Å². The molecule has 2 bridgehead atoms. The zero-order chi connectivity index (χ0) is 9.69. The SMILES string of the molecule is CC(C)(C)CC12CNC(=O)C(C1)C2. The van der Waals surface area contributed by atoms with Gasteiger partial charge >= 0.3 is 0 Å². The zero-order valence-electron chi connectivity index (χ0n) is 8.81. The van der Waals surface area contributed by atoms with E-state index in [2.05, 4.69) is 26.1 Å². The average molecular weight is 181 g/mol. The summed E-state index contributed by atoms with van der Waals surface area (Å²) in [5.41, 5.74) is 0.851. The molecule has 2 heterocycles. The lowest BCUT2D eigenvalue weighted by Gasteiger charge is -2.54. The van der Waals surface area contributed by atoms with E-state index in [0.717, 1.165) is 19.4 Å². The van der Waals surface area contributed by atoms with E-state index in [4.69, 9.17) is 0 Å². The van der Waals surface area contributed by atoms with Crippen LogP contribution in [0, 0.1) is 16.7 Å². The van der Waals surface area contributed by atoms with E-state index in [1.165, 1.54) is 6.42 Å². The molecule has 3 fully saturated rings. The number of amides is 1. The van der Waals surface area contributed by atoms with Crippen LogP contribution in [0.3, 0.4) is 0 Å². The van der Waals surface area contributed by atoms with E-state index in [0.29, 0.717) is 16.7 Å². The van der Waals surface area contributed by atoms with Gasteiger partial charge in [-0.1, -0.05) is 20.8 Å². The summed E-state index contributed by atoms with van der Waals surface area (Å²) in [5.74, 6) is 0.631. The molecule has 2 aliphatic heterocycles. The fourth-order valence-corrected chi connectivity index (χ4v) is 3.07. The van der Waals surface area contributed by atoms with Crippen LogP contribution < -0.4 is 5.32 Å². The summed E-state index contributed by atoms with van der Waals surface area (Å²) in [6, 6.07) is 0. The third-order valence-corrected chi connectivity index (χ3v) is 3.27. The summed E-state index contributed by atoms with van der Waals surface area (Å²) in [4.78, 5) is 11.2. The van der Waals surface area contributed by atoms with Crippen molar-refractivity contribution in [2.75, 3.05) is 6.54 Å². The van der Waals surface area contributed by atoms with Gasteiger partial charge in [-0.2, -0.15) is 0 Å². The Labute approximate surface area is 80.1 Å². The van der Waals surface area contributed by atoms with E-state index in [-0.39, 0.29) is 5.91 Å². The summed E-state index contributed by atoms with van der Waals surface area (Å²) >= 11 is 0. The van der Waals surface area contributed by atoms with Gasteiger partial charge in [0.25, 0.3) is 0 Å². The summed E-state index contributed by atoms with van der Waals surface area (Å²) in [5, 5.41) is 3.01. The second-order valence-corrected chi connectivity index (χ2v) is 6.06. The number of nitrogens with one attached hydrogen (secondary N) is 1. The fourth-order valence-electron chi connectivity index (χ4n) is 3.07. The van der Waals surface area contributed by atoms with E-state index in [1.807, 2.05) is 0 Å². The molecule has 2 nitrogen and oxygen atoms in total. The summed E-state index contributed by atoms with van der Waals surface area (Å²) in [6.07, 6.45) is 3.52. The number of carbonyl (C=O) groups is 1. The van der Waals surface area contributed by atoms with Crippen LogP contribution in [0.4, 0.5) is 0 Å². The Morgan fingerprint density at radius 2 is 2.08 bits per heavy atom. The van der Waals surface area contributed by atoms with Crippen molar-refractivity contribution in [3.8, 4) is 0 Å². The number of carbonyl (C=O) groups excluding carboxylic acids is 1. The Hall–Kier alpha value is -0.530. The average Bonchev–Trinajstić information content (AvgIpc) is 1.88. The molecule has 13 heavy (non-hydrogen) atoms. The molecular weight excluding hydrogens is 162 g/mol. The number of hydrogen-bond donors (Lipinski definition) is 1. The van der Waals surface area contributed by atoms with Gasteiger partial charge in [-0.25, -0.2) is 0 Å². The minimum atomic E-state index is 0.288. The molecule has 1 N–H and O–H groups in total. The first-order valence-corrected chi connectivity index (χ1v) is 5.18. The first kappa shape index (κ1) is 9.04. The maximum atomic E-state index is 11.2. The molecule has 0 aromatic carbocycles. The molecule has 0 aromatic heterocycles. The maximum absolute atomic E-state index is 11.2. The van der Waals surface area contributed by atoms with Gasteiger partial charge in [0.2, 0.25) is 5.91 Å². The molecule has 1 aliphatic carbocycles. The van der Waals surface area contributed by atoms with Crippen molar-refractivity contribution >= 4 is 5.91 Å². The largest absolute Gasteiger partial charge is 0.355 e. The molecule has 0 spiro atoms. The normalized spacial score (nSPS) is 38.1.